The Hall–Kier alpha value is -1.16. The second-order valence-electron chi connectivity index (χ2n) is 5.07. The summed E-state index contributed by atoms with van der Waals surface area (Å²) in [6, 6.07) is 4.18. The molecule has 0 spiro atoms. The zero-order chi connectivity index (χ0) is 13.5. The first-order valence-corrected chi connectivity index (χ1v) is 7.07. The van der Waals surface area contributed by atoms with Crippen molar-refractivity contribution in [3.63, 3.8) is 0 Å². The van der Waals surface area contributed by atoms with Crippen LogP contribution in [-0.2, 0) is 0 Å². The molecular formula is C15H21F2NO. The Balaban J connectivity index is 1.48. The number of unbranched alkanes of at least 4 members (excludes halogenated alkanes) is 3. The van der Waals surface area contributed by atoms with Crippen LogP contribution in [0.3, 0.4) is 0 Å². The molecule has 2 rings (SSSR count). The Morgan fingerprint density at radius 2 is 1.89 bits per heavy atom. The highest BCUT2D eigenvalue weighted by Gasteiger charge is 2.19. The van der Waals surface area contributed by atoms with E-state index in [0.29, 0.717) is 6.61 Å². The minimum atomic E-state index is -0.631. The molecule has 0 heterocycles. The minimum Gasteiger partial charge on any atom is -0.491 e. The van der Waals surface area contributed by atoms with Gasteiger partial charge in [-0.2, -0.15) is 0 Å². The van der Waals surface area contributed by atoms with Gasteiger partial charge in [-0.15, -0.1) is 0 Å². The van der Waals surface area contributed by atoms with E-state index in [1.165, 1.54) is 31.4 Å². The van der Waals surface area contributed by atoms with Gasteiger partial charge >= 0.3 is 0 Å². The maximum atomic E-state index is 13.2. The summed E-state index contributed by atoms with van der Waals surface area (Å²) in [4.78, 5) is 0. The molecule has 0 aliphatic heterocycles. The van der Waals surface area contributed by atoms with E-state index in [1.54, 1.807) is 0 Å². The third-order valence-electron chi connectivity index (χ3n) is 3.23. The predicted octanol–water partition coefficient (Wildman–Crippen LogP) is 3.66. The SMILES string of the molecule is Fc1ccc(OCCCCCCNC2CC2)c(F)c1. The van der Waals surface area contributed by atoms with Gasteiger partial charge in [-0.3, -0.25) is 0 Å². The van der Waals surface area contributed by atoms with Crippen molar-refractivity contribution in [1.82, 2.24) is 5.32 Å². The Kier molecular flexibility index (Phi) is 5.58. The van der Waals surface area contributed by atoms with Gasteiger partial charge in [0, 0.05) is 12.1 Å². The number of nitrogens with one attached hydrogen (secondary N) is 1. The van der Waals surface area contributed by atoms with Crippen LogP contribution in [0.2, 0.25) is 0 Å². The van der Waals surface area contributed by atoms with Crippen LogP contribution in [-0.4, -0.2) is 19.2 Å². The maximum absolute atomic E-state index is 13.2. The van der Waals surface area contributed by atoms with Gasteiger partial charge in [0.25, 0.3) is 0 Å². The zero-order valence-electron chi connectivity index (χ0n) is 11.1. The quantitative estimate of drug-likeness (QED) is 0.691. The fraction of sp³-hybridized carbons (Fsp3) is 0.600. The summed E-state index contributed by atoms with van der Waals surface area (Å²) in [5.74, 6) is -1.07. The summed E-state index contributed by atoms with van der Waals surface area (Å²) in [6.45, 7) is 1.58. The molecule has 1 N–H and O–H groups in total. The van der Waals surface area contributed by atoms with Crippen molar-refractivity contribution in [3.05, 3.63) is 29.8 Å². The van der Waals surface area contributed by atoms with Crippen LogP contribution in [0, 0.1) is 11.6 Å². The smallest absolute Gasteiger partial charge is 0.167 e. The Bertz CT molecular complexity index is 394. The van der Waals surface area contributed by atoms with E-state index in [2.05, 4.69) is 5.32 Å². The zero-order valence-corrected chi connectivity index (χ0v) is 11.1. The number of ether oxygens (including phenoxy) is 1. The van der Waals surface area contributed by atoms with Crippen molar-refractivity contribution in [3.8, 4) is 5.75 Å². The highest BCUT2D eigenvalue weighted by Crippen LogP contribution is 2.19. The average Bonchev–Trinajstić information content (AvgIpc) is 3.19. The van der Waals surface area contributed by atoms with E-state index in [1.807, 2.05) is 0 Å². The van der Waals surface area contributed by atoms with E-state index in [0.717, 1.165) is 37.9 Å². The van der Waals surface area contributed by atoms with Gasteiger partial charge in [0.05, 0.1) is 6.61 Å². The first-order valence-electron chi connectivity index (χ1n) is 7.07. The molecule has 0 atom stereocenters. The van der Waals surface area contributed by atoms with Crippen molar-refractivity contribution in [2.45, 2.75) is 44.6 Å². The molecule has 2 nitrogen and oxygen atoms in total. The highest BCUT2D eigenvalue weighted by molar-refractivity contribution is 5.24. The van der Waals surface area contributed by atoms with Crippen LogP contribution in [0.15, 0.2) is 18.2 Å². The molecule has 1 aliphatic carbocycles. The molecule has 0 unspecified atom stereocenters. The Morgan fingerprint density at radius 3 is 2.63 bits per heavy atom. The fourth-order valence-corrected chi connectivity index (χ4v) is 1.95. The van der Waals surface area contributed by atoms with Gasteiger partial charge in [-0.25, -0.2) is 8.78 Å². The summed E-state index contributed by atoms with van der Waals surface area (Å²) < 4.78 is 31.2. The van der Waals surface area contributed by atoms with Crippen molar-refractivity contribution in [2.24, 2.45) is 0 Å². The molecule has 0 radical (unpaired) electrons. The molecule has 0 aromatic heterocycles. The Morgan fingerprint density at radius 1 is 1.11 bits per heavy atom. The lowest BCUT2D eigenvalue weighted by Gasteiger charge is -2.07. The average molecular weight is 269 g/mol. The monoisotopic (exact) mass is 269 g/mol. The molecule has 106 valence electrons. The van der Waals surface area contributed by atoms with E-state index >= 15 is 0 Å². The van der Waals surface area contributed by atoms with Crippen molar-refractivity contribution in [1.29, 1.82) is 0 Å². The summed E-state index contributed by atoms with van der Waals surface area (Å²) >= 11 is 0. The molecule has 1 aliphatic rings. The fourth-order valence-electron chi connectivity index (χ4n) is 1.95. The predicted molar refractivity (Wildman–Crippen MR) is 71.3 cm³/mol. The summed E-state index contributed by atoms with van der Waals surface area (Å²) in [5, 5.41) is 3.47. The van der Waals surface area contributed by atoms with Gasteiger partial charge in [-0.1, -0.05) is 12.8 Å². The van der Waals surface area contributed by atoms with Crippen LogP contribution in [0.25, 0.3) is 0 Å². The van der Waals surface area contributed by atoms with Crippen LogP contribution in [0.4, 0.5) is 8.78 Å². The van der Waals surface area contributed by atoms with Crippen molar-refractivity contribution >= 4 is 0 Å². The molecule has 0 saturated heterocycles. The van der Waals surface area contributed by atoms with Crippen LogP contribution in [0.5, 0.6) is 5.75 Å². The lowest BCUT2D eigenvalue weighted by Crippen LogP contribution is -2.17. The number of halogens is 2. The van der Waals surface area contributed by atoms with E-state index in [4.69, 9.17) is 4.74 Å². The topological polar surface area (TPSA) is 21.3 Å². The van der Waals surface area contributed by atoms with Crippen LogP contribution < -0.4 is 10.1 Å². The van der Waals surface area contributed by atoms with Crippen LogP contribution in [0.1, 0.15) is 38.5 Å². The summed E-state index contributed by atoms with van der Waals surface area (Å²) in [5.41, 5.74) is 0. The molecule has 0 amide bonds. The molecule has 1 fully saturated rings. The van der Waals surface area contributed by atoms with Crippen molar-refractivity contribution < 1.29 is 13.5 Å². The largest absolute Gasteiger partial charge is 0.491 e. The third-order valence-corrected chi connectivity index (χ3v) is 3.23. The normalized spacial score (nSPS) is 14.6. The second kappa shape index (κ2) is 7.43. The van der Waals surface area contributed by atoms with E-state index in [-0.39, 0.29) is 5.75 Å². The lowest BCUT2D eigenvalue weighted by atomic mass is 10.2. The van der Waals surface area contributed by atoms with Gasteiger partial charge in [0.1, 0.15) is 5.82 Å². The standard InChI is InChI=1S/C15H21F2NO/c16-12-5-8-15(14(17)11-12)19-10-4-2-1-3-9-18-13-6-7-13/h5,8,11,13,18H,1-4,6-7,9-10H2. The number of hydrogen-bond acceptors (Lipinski definition) is 2. The highest BCUT2D eigenvalue weighted by atomic mass is 19.1. The first kappa shape index (κ1) is 14.3. The molecule has 1 aromatic carbocycles. The third kappa shape index (κ3) is 5.55. The molecule has 0 bridgehead atoms. The molecular weight excluding hydrogens is 248 g/mol. The number of benzene rings is 1. The van der Waals surface area contributed by atoms with Gasteiger partial charge in [-0.05, 0) is 44.4 Å². The summed E-state index contributed by atoms with van der Waals surface area (Å²) in [7, 11) is 0. The first-order chi connectivity index (χ1) is 9.25. The van der Waals surface area contributed by atoms with Crippen molar-refractivity contribution in [2.75, 3.05) is 13.2 Å². The van der Waals surface area contributed by atoms with E-state index < -0.39 is 11.6 Å². The minimum absolute atomic E-state index is 0.136. The van der Waals surface area contributed by atoms with Gasteiger partial charge < -0.3 is 10.1 Å². The molecule has 4 heteroatoms. The number of rotatable bonds is 9. The lowest BCUT2D eigenvalue weighted by molar-refractivity contribution is 0.289. The number of hydrogen-bond donors (Lipinski definition) is 1. The summed E-state index contributed by atoms with van der Waals surface area (Å²) in [6.07, 6.45) is 6.99. The van der Waals surface area contributed by atoms with E-state index in [9.17, 15) is 8.78 Å². The molecule has 1 saturated carbocycles. The maximum Gasteiger partial charge on any atom is 0.167 e. The van der Waals surface area contributed by atoms with Gasteiger partial charge in [0.2, 0.25) is 0 Å². The van der Waals surface area contributed by atoms with Crippen LogP contribution >= 0.6 is 0 Å². The second-order valence-corrected chi connectivity index (χ2v) is 5.07. The Labute approximate surface area is 113 Å². The molecule has 19 heavy (non-hydrogen) atoms. The molecule has 1 aromatic rings. The van der Waals surface area contributed by atoms with Gasteiger partial charge in [0.15, 0.2) is 11.6 Å².